The molecule has 0 bridgehead atoms. The molecule has 3 N–H and O–H groups in total. The second kappa shape index (κ2) is 4.93. The Kier molecular flexibility index (Phi) is 3.15. The second-order valence-electron chi connectivity index (χ2n) is 3.24. The van der Waals surface area contributed by atoms with E-state index < -0.39 is 6.03 Å². The highest BCUT2D eigenvalue weighted by atomic mass is 16.2. The van der Waals surface area contributed by atoms with Gasteiger partial charge in [0.15, 0.2) is 0 Å². The lowest BCUT2D eigenvalue weighted by Crippen LogP contribution is -2.24. The number of rotatable bonds is 3. The Morgan fingerprint density at radius 1 is 1.41 bits per heavy atom. The molecule has 0 spiro atoms. The largest absolute Gasteiger partial charge is 0.350 e. The van der Waals surface area contributed by atoms with Crippen molar-refractivity contribution in [1.29, 1.82) is 0 Å². The molecule has 6 nitrogen and oxygen atoms in total. The molecule has 0 radical (unpaired) electrons. The van der Waals surface area contributed by atoms with Gasteiger partial charge in [-0.25, -0.2) is 14.9 Å². The van der Waals surface area contributed by atoms with Gasteiger partial charge in [-0.2, -0.15) is 10.2 Å². The summed E-state index contributed by atoms with van der Waals surface area (Å²) >= 11 is 0. The summed E-state index contributed by atoms with van der Waals surface area (Å²) in [6.07, 6.45) is 5.03. The molecule has 0 unspecified atom stereocenters. The highest BCUT2D eigenvalue weighted by molar-refractivity contribution is 5.85. The van der Waals surface area contributed by atoms with Crippen molar-refractivity contribution in [1.82, 2.24) is 15.2 Å². The molecule has 2 amide bonds. The predicted octanol–water partition coefficient (Wildman–Crippen LogP) is 0.874. The lowest BCUT2D eigenvalue weighted by Gasteiger charge is -2.04. The molecule has 0 saturated carbocycles. The molecule has 2 rings (SSSR count). The van der Waals surface area contributed by atoms with E-state index in [0.717, 1.165) is 11.3 Å². The van der Waals surface area contributed by atoms with E-state index in [9.17, 15) is 4.79 Å². The number of nitrogens with one attached hydrogen (secondary N) is 1. The van der Waals surface area contributed by atoms with Crippen LogP contribution in [-0.4, -0.2) is 22.0 Å². The molecule has 0 aliphatic carbocycles. The number of para-hydroxylation sites is 1. The van der Waals surface area contributed by atoms with Crippen molar-refractivity contribution in [2.24, 2.45) is 10.8 Å². The van der Waals surface area contributed by atoms with E-state index in [1.807, 2.05) is 36.5 Å². The normalized spacial score (nSPS) is 10.6. The van der Waals surface area contributed by atoms with Gasteiger partial charge in [0, 0.05) is 18.0 Å². The molecule has 86 valence electrons. The lowest BCUT2D eigenvalue weighted by molar-refractivity contribution is 0.249. The number of nitrogens with zero attached hydrogens (tertiary/aromatic N) is 3. The Morgan fingerprint density at radius 2 is 2.24 bits per heavy atom. The molecule has 17 heavy (non-hydrogen) atoms. The summed E-state index contributed by atoms with van der Waals surface area (Å²) in [5, 5.41) is 7.85. The monoisotopic (exact) mass is 229 g/mol. The third-order valence-electron chi connectivity index (χ3n) is 2.07. The topological polar surface area (TPSA) is 85.3 Å². The van der Waals surface area contributed by atoms with Gasteiger partial charge in [-0.05, 0) is 12.1 Å². The first kappa shape index (κ1) is 10.9. The number of hydrogen-bond acceptors (Lipinski definition) is 3. The molecule has 1 aromatic heterocycles. The van der Waals surface area contributed by atoms with Crippen molar-refractivity contribution in [3.63, 3.8) is 0 Å². The first-order valence-electron chi connectivity index (χ1n) is 4.95. The first-order valence-corrected chi connectivity index (χ1v) is 4.95. The Balaban J connectivity index is 2.28. The van der Waals surface area contributed by atoms with Crippen LogP contribution in [0.15, 0.2) is 47.8 Å². The predicted molar refractivity (Wildman–Crippen MR) is 63.9 cm³/mol. The molecule has 1 aromatic carbocycles. The molecule has 0 saturated heterocycles. The summed E-state index contributed by atoms with van der Waals surface area (Å²) in [6, 6.07) is 8.67. The number of carbonyl (C=O) groups excluding carboxylic acids is 1. The number of aromatic nitrogens is 2. The molecular formula is C11H11N5O. The molecule has 2 aromatic rings. The van der Waals surface area contributed by atoms with Crippen molar-refractivity contribution in [2.45, 2.75) is 0 Å². The average molecular weight is 229 g/mol. The molecule has 6 heteroatoms. The fourth-order valence-electron chi connectivity index (χ4n) is 1.38. The number of urea groups is 1. The van der Waals surface area contributed by atoms with Crippen molar-refractivity contribution in [2.75, 3.05) is 0 Å². The van der Waals surface area contributed by atoms with Crippen LogP contribution in [0.5, 0.6) is 0 Å². The van der Waals surface area contributed by atoms with E-state index in [4.69, 9.17) is 5.73 Å². The molecule has 0 aliphatic rings. The van der Waals surface area contributed by atoms with E-state index in [1.54, 1.807) is 10.9 Å². The van der Waals surface area contributed by atoms with Gasteiger partial charge < -0.3 is 5.73 Å². The van der Waals surface area contributed by atoms with Gasteiger partial charge in [0.05, 0.1) is 11.9 Å². The van der Waals surface area contributed by atoms with Crippen LogP contribution in [0.25, 0.3) is 5.69 Å². The minimum atomic E-state index is -0.696. The number of hydrazone groups is 1. The zero-order valence-electron chi connectivity index (χ0n) is 8.95. The summed E-state index contributed by atoms with van der Waals surface area (Å²) < 4.78 is 1.71. The lowest BCUT2D eigenvalue weighted by atomic mass is 10.2. The van der Waals surface area contributed by atoms with Crippen molar-refractivity contribution >= 4 is 12.2 Å². The Bertz CT molecular complexity index is 533. The maximum atomic E-state index is 10.5. The summed E-state index contributed by atoms with van der Waals surface area (Å²) in [4.78, 5) is 10.5. The van der Waals surface area contributed by atoms with Gasteiger partial charge in [0.2, 0.25) is 0 Å². The van der Waals surface area contributed by atoms with Gasteiger partial charge in [0.1, 0.15) is 0 Å². The van der Waals surface area contributed by atoms with Gasteiger partial charge in [-0.1, -0.05) is 18.2 Å². The van der Waals surface area contributed by atoms with Crippen LogP contribution in [0.3, 0.4) is 0 Å². The van der Waals surface area contributed by atoms with E-state index >= 15 is 0 Å². The quantitative estimate of drug-likeness (QED) is 0.604. The molecule has 0 fully saturated rings. The number of amides is 2. The zero-order valence-corrected chi connectivity index (χ0v) is 8.95. The third kappa shape index (κ3) is 2.69. The number of nitrogens with two attached hydrogens (primary N) is 1. The van der Waals surface area contributed by atoms with Gasteiger partial charge in [0.25, 0.3) is 0 Å². The Labute approximate surface area is 97.7 Å². The maximum absolute atomic E-state index is 10.5. The molecule has 0 aliphatic heterocycles. The molecule has 0 atom stereocenters. The van der Waals surface area contributed by atoms with Crippen LogP contribution >= 0.6 is 0 Å². The number of primary amides is 1. The summed E-state index contributed by atoms with van der Waals surface area (Å²) in [7, 11) is 0. The van der Waals surface area contributed by atoms with Gasteiger partial charge >= 0.3 is 6.03 Å². The Hall–Kier alpha value is -2.63. The molecular weight excluding hydrogens is 218 g/mol. The van der Waals surface area contributed by atoms with Crippen LogP contribution in [-0.2, 0) is 0 Å². The van der Waals surface area contributed by atoms with Gasteiger partial charge in [-0.3, -0.25) is 0 Å². The number of hydrogen-bond donors (Lipinski definition) is 2. The van der Waals surface area contributed by atoms with E-state index in [-0.39, 0.29) is 0 Å². The van der Waals surface area contributed by atoms with Crippen LogP contribution in [0.2, 0.25) is 0 Å². The van der Waals surface area contributed by atoms with Crippen LogP contribution < -0.4 is 11.2 Å². The van der Waals surface area contributed by atoms with Gasteiger partial charge in [-0.15, -0.1) is 0 Å². The highest BCUT2D eigenvalue weighted by Gasteiger charge is 2.01. The van der Waals surface area contributed by atoms with Crippen LogP contribution in [0.4, 0.5) is 4.79 Å². The summed E-state index contributed by atoms with van der Waals surface area (Å²) in [5.74, 6) is 0. The standard InChI is InChI=1S/C11H11N5O/c12-11(17)15-13-8-9-4-1-2-5-10(9)16-7-3-6-14-16/h1-8H,(H3,12,15,17). The fraction of sp³-hybridized carbons (Fsp3) is 0. The first-order chi connectivity index (χ1) is 8.27. The minimum Gasteiger partial charge on any atom is -0.350 e. The maximum Gasteiger partial charge on any atom is 0.332 e. The zero-order chi connectivity index (χ0) is 12.1. The fourth-order valence-corrected chi connectivity index (χ4v) is 1.38. The van der Waals surface area contributed by atoms with Crippen LogP contribution in [0.1, 0.15) is 5.56 Å². The van der Waals surface area contributed by atoms with Crippen LogP contribution in [0, 0.1) is 0 Å². The summed E-state index contributed by atoms with van der Waals surface area (Å²) in [5.41, 5.74) is 8.75. The molecule has 1 heterocycles. The number of carbonyl (C=O) groups is 1. The average Bonchev–Trinajstić information content (AvgIpc) is 2.82. The summed E-state index contributed by atoms with van der Waals surface area (Å²) in [6.45, 7) is 0. The van der Waals surface area contributed by atoms with Crippen molar-refractivity contribution < 1.29 is 4.79 Å². The Morgan fingerprint density at radius 3 is 2.94 bits per heavy atom. The van der Waals surface area contributed by atoms with E-state index in [1.165, 1.54) is 6.21 Å². The van der Waals surface area contributed by atoms with E-state index in [0.29, 0.717) is 0 Å². The van der Waals surface area contributed by atoms with Crippen molar-refractivity contribution in [3.8, 4) is 5.69 Å². The van der Waals surface area contributed by atoms with E-state index in [2.05, 4.69) is 15.6 Å². The number of benzene rings is 1. The minimum absolute atomic E-state index is 0.696. The SMILES string of the molecule is NC(=O)NN=Cc1ccccc1-n1cccn1. The second-order valence-corrected chi connectivity index (χ2v) is 3.24. The third-order valence-corrected chi connectivity index (χ3v) is 2.07. The highest BCUT2D eigenvalue weighted by Crippen LogP contribution is 2.10. The van der Waals surface area contributed by atoms with Crippen molar-refractivity contribution in [3.05, 3.63) is 48.3 Å². The smallest absolute Gasteiger partial charge is 0.332 e.